The van der Waals surface area contributed by atoms with Crippen molar-refractivity contribution in [2.24, 2.45) is 0 Å². The second kappa shape index (κ2) is 11.6. The minimum atomic E-state index is -0.495. The van der Waals surface area contributed by atoms with E-state index in [1.54, 1.807) is 24.3 Å². The van der Waals surface area contributed by atoms with Crippen molar-refractivity contribution in [3.8, 4) is 0 Å². The number of likely N-dealkylation sites (tertiary alicyclic amines) is 1. The van der Waals surface area contributed by atoms with Crippen molar-refractivity contribution in [1.82, 2.24) is 21.1 Å². The molecule has 4 rings (SSSR count). The summed E-state index contributed by atoms with van der Waals surface area (Å²) in [6.07, 6.45) is 6.93. The molecule has 4 N–H and O–H groups in total. The van der Waals surface area contributed by atoms with Crippen LogP contribution in [0.3, 0.4) is 0 Å². The van der Waals surface area contributed by atoms with E-state index in [0.717, 1.165) is 18.5 Å². The Morgan fingerprint density at radius 3 is 2.00 bits per heavy atom. The number of para-hydroxylation sites is 1. The summed E-state index contributed by atoms with van der Waals surface area (Å²) >= 11 is 0. The number of amides is 4. The molecule has 1 heterocycles. The maximum Gasteiger partial charge on any atom is 0.322 e. The van der Waals surface area contributed by atoms with Gasteiger partial charge < -0.3 is 15.5 Å². The van der Waals surface area contributed by atoms with Gasteiger partial charge in [-0.15, -0.1) is 0 Å². The first-order valence-corrected chi connectivity index (χ1v) is 13.7. The van der Waals surface area contributed by atoms with Gasteiger partial charge in [0.15, 0.2) is 0 Å². The third-order valence-electron chi connectivity index (χ3n) is 7.65. The van der Waals surface area contributed by atoms with E-state index in [4.69, 9.17) is 0 Å². The molecule has 1 saturated carbocycles. The normalized spacial score (nSPS) is 19.4. The van der Waals surface area contributed by atoms with Crippen LogP contribution in [0, 0.1) is 0 Å². The number of carbonyl (C=O) groups is 3. The van der Waals surface area contributed by atoms with Crippen LogP contribution in [0.15, 0.2) is 54.6 Å². The number of hydrazine groups is 1. The van der Waals surface area contributed by atoms with Gasteiger partial charge in [0, 0.05) is 40.0 Å². The van der Waals surface area contributed by atoms with Crippen LogP contribution in [0.1, 0.15) is 93.4 Å². The molecule has 0 bridgehead atoms. The molecule has 8 nitrogen and oxygen atoms in total. The number of piperidine rings is 1. The number of nitrogens with one attached hydrogen (secondary N) is 4. The fourth-order valence-electron chi connectivity index (χ4n) is 6.19. The first-order chi connectivity index (χ1) is 18.0. The van der Waals surface area contributed by atoms with Crippen LogP contribution in [0.25, 0.3) is 0 Å². The quantitative estimate of drug-likeness (QED) is 0.392. The Morgan fingerprint density at radius 1 is 0.763 bits per heavy atom. The monoisotopic (exact) mass is 519 g/mol. The Hall–Kier alpha value is -3.39. The van der Waals surface area contributed by atoms with Gasteiger partial charge >= 0.3 is 6.03 Å². The van der Waals surface area contributed by atoms with Gasteiger partial charge in [0.2, 0.25) is 0 Å². The summed E-state index contributed by atoms with van der Waals surface area (Å²) in [7, 11) is 0. The molecule has 1 saturated heterocycles. The lowest BCUT2D eigenvalue weighted by atomic mass is 9.77. The lowest BCUT2D eigenvalue weighted by Crippen LogP contribution is -2.66. The fraction of sp³-hybridized carbons (Fsp3) is 0.500. The summed E-state index contributed by atoms with van der Waals surface area (Å²) in [6.45, 7) is 8.12. The first kappa shape index (κ1) is 27.6. The number of hydrogen-bond acceptors (Lipinski definition) is 4. The summed E-state index contributed by atoms with van der Waals surface area (Å²) in [5.74, 6) is -0.469. The van der Waals surface area contributed by atoms with E-state index in [9.17, 15) is 14.4 Å². The molecule has 2 aliphatic rings. The van der Waals surface area contributed by atoms with Crippen molar-refractivity contribution in [2.45, 2.75) is 95.8 Å². The maximum absolute atomic E-state index is 13.3. The number of urea groups is 1. The molecule has 2 fully saturated rings. The molecule has 1 aliphatic heterocycles. The fourth-order valence-corrected chi connectivity index (χ4v) is 6.19. The molecule has 2 aromatic rings. The van der Waals surface area contributed by atoms with Crippen molar-refractivity contribution in [1.29, 1.82) is 0 Å². The molecule has 2 aromatic carbocycles. The van der Waals surface area contributed by atoms with Crippen LogP contribution in [-0.4, -0.2) is 45.9 Å². The van der Waals surface area contributed by atoms with Crippen LogP contribution < -0.4 is 21.5 Å². The Labute approximate surface area is 225 Å². The number of carbonyl (C=O) groups excluding carboxylic acids is 3. The lowest BCUT2D eigenvalue weighted by molar-refractivity contribution is 0.00251. The summed E-state index contributed by atoms with van der Waals surface area (Å²) in [4.78, 5) is 41.1. The Bertz CT molecular complexity index is 1120. The van der Waals surface area contributed by atoms with Gasteiger partial charge in [0.25, 0.3) is 11.8 Å². The molecule has 0 spiro atoms. The summed E-state index contributed by atoms with van der Waals surface area (Å²) in [5.41, 5.74) is 6.59. The van der Waals surface area contributed by atoms with Crippen molar-refractivity contribution in [3.05, 3.63) is 65.7 Å². The van der Waals surface area contributed by atoms with E-state index in [-0.39, 0.29) is 23.9 Å². The summed E-state index contributed by atoms with van der Waals surface area (Å²) < 4.78 is 0. The highest BCUT2D eigenvalue weighted by Crippen LogP contribution is 2.39. The van der Waals surface area contributed by atoms with Crippen molar-refractivity contribution >= 4 is 23.5 Å². The lowest BCUT2D eigenvalue weighted by Gasteiger charge is -2.55. The van der Waals surface area contributed by atoms with Gasteiger partial charge in [-0.1, -0.05) is 43.5 Å². The van der Waals surface area contributed by atoms with Crippen LogP contribution >= 0.6 is 0 Å². The van der Waals surface area contributed by atoms with Gasteiger partial charge in [0.1, 0.15) is 0 Å². The molecular weight excluding hydrogens is 478 g/mol. The van der Waals surface area contributed by atoms with Gasteiger partial charge in [-0.2, -0.15) is 0 Å². The third-order valence-corrected chi connectivity index (χ3v) is 7.65. The number of anilines is 1. The first-order valence-electron chi connectivity index (χ1n) is 13.7. The predicted molar refractivity (Wildman–Crippen MR) is 150 cm³/mol. The minimum absolute atomic E-state index is 0.126. The molecule has 38 heavy (non-hydrogen) atoms. The highest BCUT2D eigenvalue weighted by Gasteiger charge is 2.48. The van der Waals surface area contributed by atoms with E-state index in [1.165, 1.54) is 19.3 Å². The van der Waals surface area contributed by atoms with Crippen LogP contribution in [0.5, 0.6) is 0 Å². The molecule has 0 aromatic heterocycles. The largest absolute Gasteiger partial charge is 0.349 e. The van der Waals surface area contributed by atoms with Gasteiger partial charge in [-0.3, -0.25) is 15.0 Å². The molecular formula is C30H41N5O3. The molecule has 0 radical (unpaired) electrons. The molecule has 8 heteroatoms. The number of benzene rings is 2. The Morgan fingerprint density at radius 2 is 1.37 bits per heavy atom. The van der Waals surface area contributed by atoms with E-state index in [0.29, 0.717) is 30.0 Å². The minimum Gasteiger partial charge on any atom is -0.349 e. The Balaban J connectivity index is 1.38. The highest BCUT2D eigenvalue weighted by molar-refractivity contribution is 5.99. The van der Waals surface area contributed by atoms with Crippen LogP contribution in [0.4, 0.5) is 10.5 Å². The molecule has 0 atom stereocenters. The number of nitrogens with zero attached hydrogens (tertiary/aromatic N) is 1. The van der Waals surface area contributed by atoms with Crippen LogP contribution in [0.2, 0.25) is 0 Å². The second-order valence-electron chi connectivity index (χ2n) is 11.8. The topological polar surface area (TPSA) is 103 Å². The average molecular weight is 520 g/mol. The van der Waals surface area contributed by atoms with Crippen LogP contribution in [-0.2, 0) is 0 Å². The third kappa shape index (κ3) is 6.72. The van der Waals surface area contributed by atoms with E-state index < -0.39 is 11.1 Å². The van der Waals surface area contributed by atoms with Gasteiger partial charge in [-0.05, 0) is 83.7 Å². The van der Waals surface area contributed by atoms with Gasteiger partial charge in [0.05, 0.1) is 0 Å². The van der Waals surface area contributed by atoms with Crippen molar-refractivity contribution < 1.29 is 14.4 Å². The smallest absolute Gasteiger partial charge is 0.322 e. The molecule has 204 valence electrons. The summed E-state index contributed by atoms with van der Waals surface area (Å²) in [6, 6.07) is 16.2. The zero-order chi connectivity index (χ0) is 27.3. The second-order valence-corrected chi connectivity index (χ2v) is 11.8. The Kier molecular flexibility index (Phi) is 8.41. The van der Waals surface area contributed by atoms with Crippen molar-refractivity contribution in [3.63, 3.8) is 0 Å². The van der Waals surface area contributed by atoms with E-state index >= 15 is 0 Å². The maximum atomic E-state index is 13.3. The molecule has 0 unspecified atom stereocenters. The number of hydrogen-bond donors (Lipinski definition) is 4. The van der Waals surface area contributed by atoms with Crippen molar-refractivity contribution in [2.75, 3.05) is 5.32 Å². The number of rotatable bonds is 6. The molecule has 4 amide bonds. The standard InChI is InChI=1S/C30H41N5O3/c1-29(2)19-25(20-30(3,4)35(29)28(38)32-23-14-7-5-8-15-23)31-26(36)21-12-11-13-22(18-21)27(37)34-33-24-16-9-6-10-17-24/h5,7-8,11-15,18,24-25,33H,6,9-10,16-17,19-20H2,1-4H3,(H,31,36)(H,32,38)(H,34,37). The van der Waals surface area contributed by atoms with E-state index in [2.05, 4.69) is 21.5 Å². The van der Waals surface area contributed by atoms with Gasteiger partial charge in [-0.25, -0.2) is 10.2 Å². The predicted octanol–water partition coefficient (Wildman–Crippen LogP) is 5.24. The molecule has 1 aliphatic carbocycles. The summed E-state index contributed by atoms with van der Waals surface area (Å²) in [5, 5.41) is 6.17. The van der Waals surface area contributed by atoms with E-state index in [1.807, 2.05) is 62.9 Å². The highest BCUT2D eigenvalue weighted by atomic mass is 16.2. The zero-order valence-electron chi connectivity index (χ0n) is 23.0. The zero-order valence-corrected chi connectivity index (χ0v) is 23.0. The SMILES string of the molecule is CC1(C)CC(NC(=O)c2cccc(C(=O)NNC3CCCCC3)c2)CC(C)(C)N1C(=O)Nc1ccccc1. The average Bonchev–Trinajstić information content (AvgIpc) is 2.87.